The standard InChI is InChI=1S/C13H8ClFINO/c14-8-1-4-10(5-2-8)17-13(18)11-6-3-9(15)7-12(11)16/h1-7H,(H,17,18). The first-order valence-electron chi connectivity index (χ1n) is 5.08. The monoisotopic (exact) mass is 375 g/mol. The van der Waals surface area contributed by atoms with Crippen molar-refractivity contribution in [2.45, 2.75) is 0 Å². The Kier molecular flexibility index (Phi) is 4.19. The molecule has 92 valence electrons. The number of carbonyl (C=O) groups is 1. The highest BCUT2D eigenvalue weighted by atomic mass is 127. The van der Waals surface area contributed by atoms with Crippen LogP contribution >= 0.6 is 34.2 Å². The second-order valence-corrected chi connectivity index (χ2v) is 5.18. The molecular formula is C13H8ClFINO. The maximum Gasteiger partial charge on any atom is 0.256 e. The van der Waals surface area contributed by atoms with E-state index in [2.05, 4.69) is 5.32 Å². The minimum Gasteiger partial charge on any atom is -0.322 e. The Bertz CT molecular complexity index is 586. The van der Waals surface area contributed by atoms with E-state index in [1.54, 1.807) is 24.3 Å². The van der Waals surface area contributed by atoms with Crippen molar-refractivity contribution in [3.63, 3.8) is 0 Å². The topological polar surface area (TPSA) is 29.1 Å². The van der Waals surface area contributed by atoms with E-state index in [9.17, 15) is 9.18 Å². The number of carbonyl (C=O) groups excluding carboxylic acids is 1. The first kappa shape index (κ1) is 13.3. The first-order chi connectivity index (χ1) is 8.56. The molecule has 2 aromatic carbocycles. The van der Waals surface area contributed by atoms with Crippen molar-refractivity contribution in [3.05, 3.63) is 62.4 Å². The number of hydrogen-bond donors (Lipinski definition) is 1. The van der Waals surface area contributed by atoms with E-state index in [4.69, 9.17) is 11.6 Å². The summed E-state index contributed by atoms with van der Waals surface area (Å²) in [5, 5.41) is 3.32. The summed E-state index contributed by atoms with van der Waals surface area (Å²) < 4.78 is 13.5. The van der Waals surface area contributed by atoms with Crippen molar-refractivity contribution in [2.75, 3.05) is 5.32 Å². The van der Waals surface area contributed by atoms with E-state index < -0.39 is 0 Å². The van der Waals surface area contributed by atoms with Crippen molar-refractivity contribution in [2.24, 2.45) is 0 Å². The van der Waals surface area contributed by atoms with Crippen LogP contribution in [0.2, 0.25) is 5.02 Å². The molecule has 0 bridgehead atoms. The lowest BCUT2D eigenvalue weighted by Crippen LogP contribution is -2.13. The highest BCUT2D eigenvalue weighted by molar-refractivity contribution is 14.1. The van der Waals surface area contributed by atoms with Crippen LogP contribution in [0.25, 0.3) is 0 Å². The van der Waals surface area contributed by atoms with Crippen LogP contribution < -0.4 is 5.32 Å². The van der Waals surface area contributed by atoms with Crippen LogP contribution in [0.3, 0.4) is 0 Å². The Labute approximate surface area is 122 Å². The van der Waals surface area contributed by atoms with Crippen molar-refractivity contribution in [1.29, 1.82) is 0 Å². The fourth-order valence-electron chi connectivity index (χ4n) is 1.41. The summed E-state index contributed by atoms with van der Waals surface area (Å²) in [5.74, 6) is -0.635. The zero-order chi connectivity index (χ0) is 13.1. The summed E-state index contributed by atoms with van der Waals surface area (Å²) in [5.41, 5.74) is 1.08. The van der Waals surface area contributed by atoms with Crippen LogP contribution in [0.5, 0.6) is 0 Å². The number of benzene rings is 2. The van der Waals surface area contributed by atoms with Crippen LogP contribution in [-0.2, 0) is 0 Å². The van der Waals surface area contributed by atoms with Crippen molar-refractivity contribution < 1.29 is 9.18 Å². The van der Waals surface area contributed by atoms with Crippen molar-refractivity contribution >= 4 is 45.8 Å². The molecule has 2 rings (SSSR count). The molecule has 0 aliphatic carbocycles. The Morgan fingerprint density at radius 2 is 1.83 bits per heavy atom. The van der Waals surface area contributed by atoms with E-state index >= 15 is 0 Å². The lowest BCUT2D eigenvalue weighted by Gasteiger charge is -2.07. The van der Waals surface area contributed by atoms with E-state index in [0.717, 1.165) is 0 Å². The molecule has 0 heterocycles. The zero-order valence-electron chi connectivity index (χ0n) is 9.08. The number of anilines is 1. The summed E-state index contributed by atoms with van der Waals surface area (Å²) in [6, 6.07) is 10.8. The van der Waals surface area contributed by atoms with Crippen LogP contribution in [0.4, 0.5) is 10.1 Å². The van der Waals surface area contributed by atoms with Gasteiger partial charge in [0.05, 0.1) is 5.56 Å². The van der Waals surface area contributed by atoms with Gasteiger partial charge in [0.1, 0.15) is 5.82 Å². The average molecular weight is 376 g/mol. The molecule has 18 heavy (non-hydrogen) atoms. The molecule has 5 heteroatoms. The predicted molar refractivity (Wildman–Crippen MR) is 78.5 cm³/mol. The molecule has 0 aromatic heterocycles. The van der Waals surface area contributed by atoms with Gasteiger partial charge in [-0.1, -0.05) is 11.6 Å². The van der Waals surface area contributed by atoms with E-state index in [0.29, 0.717) is 19.8 Å². The second kappa shape index (κ2) is 5.67. The SMILES string of the molecule is O=C(Nc1ccc(Cl)cc1)c1ccc(F)cc1I. The van der Waals surface area contributed by atoms with Gasteiger partial charge in [0.25, 0.3) is 5.91 Å². The number of amides is 1. The lowest BCUT2D eigenvalue weighted by atomic mass is 10.2. The molecule has 2 aromatic rings. The molecule has 1 N–H and O–H groups in total. The van der Waals surface area contributed by atoms with Crippen LogP contribution in [0, 0.1) is 9.39 Å². The number of hydrogen-bond acceptors (Lipinski definition) is 1. The molecule has 0 unspecified atom stereocenters. The normalized spacial score (nSPS) is 10.2. The fourth-order valence-corrected chi connectivity index (χ4v) is 2.25. The number of nitrogens with one attached hydrogen (secondary N) is 1. The van der Waals surface area contributed by atoms with Crippen LogP contribution in [0.15, 0.2) is 42.5 Å². The third-order valence-corrected chi connectivity index (χ3v) is 3.42. The van der Waals surface area contributed by atoms with Gasteiger partial charge in [-0.05, 0) is 65.1 Å². The first-order valence-corrected chi connectivity index (χ1v) is 6.54. The molecule has 0 radical (unpaired) electrons. The molecule has 0 aliphatic heterocycles. The molecule has 1 amide bonds. The van der Waals surface area contributed by atoms with Gasteiger partial charge in [-0.3, -0.25) is 4.79 Å². The largest absolute Gasteiger partial charge is 0.322 e. The number of rotatable bonds is 2. The third-order valence-electron chi connectivity index (χ3n) is 2.28. The molecule has 0 atom stereocenters. The van der Waals surface area contributed by atoms with Gasteiger partial charge in [-0.15, -0.1) is 0 Å². The minimum atomic E-state index is -0.359. The Morgan fingerprint density at radius 1 is 1.17 bits per heavy atom. The average Bonchev–Trinajstić information content (AvgIpc) is 2.32. The zero-order valence-corrected chi connectivity index (χ0v) is 12.0. The molecule has 0 saturated carbocycles. The van der Waals surface area contributed by atoms with Crippen LogP contribution in [0.1, 0.15) is 10.4 Å². The summed E-state index contributed by atoms with van der Waals surface area (Å²) >= 11 is 7.68. The maximum absolute atomic E-state index is 12.9. The molecule has 2 nitrogen and oxygen atoms in total. The van der Waals surface area contributed by atoms with Crippen molar-refractivity contribution in [3.8, 4) is 0 Å². The Morgan fingerprint density at radius 3 is 2.44 bits per heavy atom. The fraction of sp³-hybridized carbons (Fsp3) is 0. The molecule has 0 spiro atoms. The van der Waals surface area contributed by atoms with Crippen molar-refractivity contribution in [1.82, 2.24) is 0 Å². The molecule has 0 fully saturated rings. The van der Waals surface area contributed by atoms with Gasteiger partial charge in [0, 0.05) is 14.3 Å². The quantitative estimate of drug-likeness (QED) is 0.778. The summed E-state index contributed by atoms with van der Waals surface area (Å²) in [7, 11) is 0. The highest BCUT2D eigenvalue weighted by Gasteiger charge is 2.10. The third kappa shape index (κ3) is 3.20. The smallest absolute Gasteiger partial charge is 0.256 e. The Balaban J connectivity index is 2.19. The van der Waals surface area contributed by atoms with Gasteiger partial charge in [-0.2, -0.15) is 0 Å². The molecule has 0 aliphatic rings. The molecular weight excluding hydrogens is 368 g/mol. The van der Waals surface area contributed by atoms with E-state index in [1.807, 2.05) is 22.6 Å². The summed E-state index contributed by atoms with van der Waals surface area (Å²) in [4.78, 5) is 12.0. The second-order valence-electron chi connectivity index (χ2n) is 3.59. The van der Waals surface area contributed by atoms with Gasteiger partial charge >= 0.3 is 0 Å². The minimum absolute atomic E-state index is 0.276. The van der Waals surface area contributed by atoms with E-state index in [-0.39, 0.29) is 11.7 Å². The van der Waals surface area contributed by atoms with Gasteiger partial charge in [-0.25, -0.2) is 4.39 Å². The molecule has 0 saturated heterocycles. The summed E-state index contributed by atoms with van der Waals surface area (Å²) in [6.45, 7) is 0. The van der Waals surface area contributed by atoms with E-state index in [1.165, 1.54) is 18.2 Å². The van der Waals surface area contributed by atoms with Crippen LogP contribution in [-0.4, -0.2) is 5.91 Å². The van der Waals surface area contributed by atoms with Gasteiger partial charge in [0.15, 0.2) is 0 Å². The lowest BCUT2D eigenvalue weighted by molar-refractivity contribution is 0.102. The van der Waals surface area contributed by atoms with Gasteiger partial charge in [0.2, 0.25) is 0 Å². The highest BCUT2D eigenvalue weighted by Crippen LogP contribution is 2.17. The predicted octanol–water partition coefficient (Wildman–Crippen LogP) is 4.34. The Hall–Kier alpha value is -1.14. The maximum atomic E-state index is 12.9. The number of halogens is 3. The van der Waals surface area contributed by atoms with Gasteiger partial charge < -0.3 is 5.32 Å². The summed E-state index contributed by atoms with van der Waals surface area (Å²) in [6.07, 6.45) is 0.